The molecule has 1 N–H and O–H groups in total. The smallest absolute Gasteiger partial charge is 0.0590 e. The molecule has 0 bridgehead atoms. The summed E-state index contributed by atoms with van der Waals surface area (Å²) in [5.74, 6) is 0.418. The molecule has 0 spiro atoms. The van der Waals surface area contributed by atoms with Crippen LogP contribution in [0.3, 0.4) is 0 Å². The minimum absolute atomic E-state index is 0.0909. The van der Waals surface area contributed by atoms with E-state index in [1.807, 2.05) is 0 Å². The molecule has 0 aliphatic heterocycles. The average molecular weight is 158 g/mol. The lowest BCUT2D eigenvalue weighted by atomic mass is 10.1. The first-order valence-electron chi connectivity index (χ1n) is 4.60. The zero-order valence-electron chi connectivity index (χ0n) is 7.25. The van der Waals surface area contributed by atoms with Crippen LogP contribution in [0.1, 0.15) is 32.6 Å². The highest BCUT2D eigenvalue weighted by Gasteiger charge is 2.24. The van der Waals surface area contributed by atoms with Crippen LogP contribution >= 0.6 is 0 Å². The van der Waals surface area contributed by atoms with E-state index in [1.54, 1.807) is 0 Å². The molecule has 2 heteroatoms. The molecule has 2 nitrogen and oxygen atoms in total. The molecular formula is C9H18O2. The molecule has 1 aliphatic carbocycles. The highest BCUT2D eigenvalue weighted by molar-refractivity contribution is 4.75. The van der Waals surface area contributed by atoms with Crippen molar-refractivity contribution in [1.29, 1.82) is 0 Å². The largest absolute Gasteiger partial charge is 0.393 e. The first-order valence-corrected chi connectivity index (χ1v) is 4.60. The highest BCUT2D eigenvalue weighted by Crippen LogP contribution is 2.25. The van der Waals surface area contributed by atoms with E-state index < -0.39 is 0 Å². The van der Waals surface area contributed by atoms with Crippen LogP contribution in [-0.2, 0) is 4.74 Å². The van der Waals surface area contributed by atoms with Gasteiger partial charge in [0.25, 0.3) is 0 Å². The maximum absolute atomic E-state index is 9.41. The predicted molar refractivity (Wildman–Crippen MR) is 44.5 cm³/mol. The molecule has 0 unspecified atom stereocenters. The molecule has 0 heterocycles. The van der Waals surface area contributed by atoms with Gasteiger partial charge in [0.05, 0.1) is 12.7 Å². The van der Waals surface area contributed by atoms with E-state index >= 15 is 0 Å². The summed E-state index contributed by atoms with van der Waals surface area (Å²) in [4.78, 5) is 0. The minimum Gasteiger partial charge on any atom is -0.393 e. The molecule has 1 rings (SSSR count). The Morgan fingerprint density at radius 2 is 2.27 bits per heavy atom. The summed E-state index contributed by atoms with van der Waals surface area (Å²) in [7, 11) is 0. The van der Waals surface area contributed by atoms with E-state index in [4.69, 9.17) is 4.74 Å². The fourth-order valence-corrected chi connectivity index (χ4v) is 1.59. The van der Waals surface area contributed by atoms with Gasteiger partial charge in [-0.05, 0) is 19.3 Å². The lowest BCUT2D eigenvalue weighted by Crippen LogP contribution is -2.18. The van der Waals surface area contributed by atoms with Crippen molar-refractivity contribution < 1.29 is 9.84 Å². The Bertz CT molecular complexity index is 104. The molecular weight excluding hydrogens is 140 g/mol. The number of hydrogen-bond acceptors (Lipinski definition) is 2. The van der Waals surface area contributed by atoms with Gasteiger partial charge in [-0.1, -0.05) is 13.3 Å². The van der Waals surface area contributed by atoms with Crippen LogP contribution in [0.5, 0.6) is 0 Å². The van der Waals surface area contributed by atoms with E-state index in [9.17, 15) is 5.11 Å². The summed E-state index contributed by atoms with van der Waals surface area (Å²) in [6.07, 6.45) is 4.27. The summed E-state index contributed by atoms with van der Waals surface area (Å²) in [5.41, 5.74) is 0. The quantitative estimate of drug-likeness (QED) is 0.629. The van der Waals surface area contributed by atoms with Gasteiger partial charge in [0.2, 0.25) is 0 Å². The maximum Gasteiger partial charge on any atom is 0.0590 e. The number of aliphatic hydroxyl groups excluding tert-OH is 1. The van der Waals surface area contributed by atoms with Crippen LogP contribution in [0.25, 0.3) is 0 Å². The van der Waals surface area contributed by atoms with Gasteiger partial charge in [-0.2, -0.15) is 0 Å². The molecule has 0 saturated heterocycles. The normalized spacial score (nSPS) is 31.1. The van der Waals surface area contributed by atoms with Crippen LogP contribution in [0.15, 0.2) is 0 Å². The Kier molecular flexibility index (Phi) is 3.87. The minimum atomic E-state index is -0.0909. The van der Waals surface area contributed by atoms with Gasteiger partial charge in [-0.25, -0.2) is 0 Å². The second-order valence-corrected chi connectivity index (χ2v) is 3.33. The van der Waals surface area contributed by atoms with E-state index in [-0.39, 0.29) is 6.10 Å². The molecule has 0 aromatic rings. The monoisotopic (exact) mass is 158 g/mol. The lowest BCUT2D eigenvalue weighted by Gasteiger charge is -2.13. The van der Waals surface area contributed by atoms with Crippen LogP contribution < -0.4 is 0 Å². The molecule has 0 aromatic carbocycles. The summed E-state index contributed by atoms with van der Waals surface area (Å²) < 4.78 is 5.38. The summed E-state index contributed by atoms with van der Waals surface area (Å²) in [5, 5.41) is 9.41. The zero-order valence-corrected chi connectivity index (χ0v) is 7.25. The predicted octanol–water partition coefficient (Wildman–Crippen LogP) is 1.57. The van der Waals surface area contributed by atoms with Gasteiger partial charge < -0.3 is 9.84 Å². The Labute approximate surface area is 68.6 Å². The molecule has 11 heavy (non-hydrogen) atoms. The third-order valence-electron chi connectivity index (χ3n) is 2.30. The SMILES string of the molecule is CCCOC[C@@H]1CCC[C@H]1O. The summed E-state index contributed by atoms with van der Waals surface area (Å²) >= 11 is 0. The van der Waals surface area contributed by atoms with Crippen LogP contribution in [0, 0.1) is 5.92 Å². The molecule has 1 aliphatic rings. The van der Waals surface area contributed by atoms with Crippen LogP contribution in [-0.4, -0.2) is 24.4 Å². The van der Waals surface area contributed by atoms with Crippen molar-refractivity contribution in [1.82, 2.24) is 0 Å². The van der Waals surface area contributed by atoms with Gasteiger partial charge in [-0.15, -0.1) is 0 Å². The van der Waals surface area contributed by atoms with E-state index in [2.05, 4.69) is 6.92 Å². The molecule has 0 amide bonds. The zero-order chi connectivity index (χ0) is 8.10. The highest BCUT2D eigenvalue weighted by atomic mass is 16.5. The Morgan fingerprint density at radius 3 is 2.82 bits per heavy atom. The van der Waals surface area contributed by atoms with Crippen molar-refractivity contribution >= 4 is 0 Å². The Balaban J connectivity index is 2.05. The first kappa shape index (κ1) is 9.01. The number of aliphatic hydroxyl groups is 1. The fraction of sp³-hybridized carbons (Fsp3) is 1.00. The van der Waals surface area contributed by atoms with Gasteiger partial charge in [0.1, 0.15) is 0 Å². The van der Waals surface area contributed by atoms with Crippen molar-refractivity contribution in [2.45, 2.75) is 38.7 Å². The lowest BCUT2D eigenvalue weighted by molar-refractivity contribution is 0.0446. The molecule has 1 saturated carbocycles. The summed E-state index contributed by atoms with van der Waals surface area (Å²) in [6, 6.07) is 0. The Morgan fingerprint density at radius 1 is 1.45 bits per heavy atom. The standard InChI is InChI=1S/C9H18O2/c1-2-6-11-7-8-4-3-5-9(8)10/h8-10H,2-7H2,1H3/t8-,9+/m0/s1. The number of rotatable bonds is 4. The van der Waals surface area contributed by atoms with Gasteiger partial charge >= 0.3 is 0 Å². The molecule has 66 valence electrons. The van der Waals surface area contributed by atoms with Crippen molar-refractivity contribution in [3.63, 3.8) is 0 Å². The van der Waals surface area contributed by atoms with Crippen LogP contribution in [0.2, 0.25) is 0 Å². The molecule has 0 aromatic heterocycles. The maximum atomic E-state index is 9.41. The third-order valence-corrected chi connectivity index (χ3v) is 2.30. The number of hydrogen-bond donors (Lipinski definition) is 1. The average Bonchev–Trinajstić information content (AvgIpc) is 2.37. The number of ether oxygens (including phenoxy) is 1. The molecule has 1 fully saturated rings. The Hall–Kier alpha value is -0.0800. The van der Waals surface area contributed by atoms with Crippen molar-refractivity contribution in [2.75, 3.05) is 13.2 Å². The molecule has 2 atom stereocenters. The van der Waals surface area contributed by atoms with Crippen molar-refractivity contribution in [2.24, 2.45) is 5.92 Å². The van der Waals surface area contributed by atoms with E-state index in [0.29, 0.717) is 5.92 Å². The molecule has 0 radical (unpaired) electrons. The van der Waals surface area contributed by atoms with E-state index in [0.717, 1.165) is 32.5 Å². The van der Waals surface area contributed by atoms with Gasteiger partial charge in [-0.3, -0.25) is 0 Å². The van der Waals surface area contributed by atoms with Crippen LogP contribution in [0.4, 0.5) is 0 Å². The first-order chi connectivity index (χ1) is 5.34. The van der Waals surface area contributed by atoms with Crippen molar-refractivity contribution in [3.05, 3.63) is 0 Å². The topological polar surface area (TPSA) is 29.5 Å². The third kappa shape index (κ3) is 2.80. The van der Waals surface area contributed by atoms with Gasteiger partial charge in [0, 0.05) is 12.5 Å². The van der Waals surface area contributed by atoms with E-state index in [1.165, 1.54) is 6.42 Å². The summed E-state index contributed by atoms with van der Waals surface area (Å²) in [6.45, 7) is 3.70. The van der Waals surface area contributed by atoms with Gasteiger partial charge in [0.15, 0.2) is 0 Å². The van der Waals surface area contributed by atoms with Crippen molar-refractivity contribution in [3.8, 4) is 0 Å². The fourth-order valence-electron chi connectivity index (χ4n) is 1.59. The second kappa shape index (κ2) is 4.73. The second-order valence-electron chi connectivity index (χ2n) is 3.33.